The Hall–Kier alpha value is -1.49. The lowest BCUT2D eigenvalue weighted by atomic mass is 9.76. The molecule has 0 radical (unpaired) electrons. The molecule has 2 nitrogen and oxygen atoms in total. The molecule has 112 valence electrons. The van der Waals surface area contributed by atoms with Crippen molar-refractivity contribution in [2.45, 2.75) is 11.8 Å². The Kier molecular flexibility index (Phi) is 4.93. The summed E-state index contributed by atoms with van der Waals surface area (Å²) in [4.78, 5) is 0. The van der Waals surface area contributed by atoms with E-state index in [4.69, 9.17) is 11.6 Å². The number of aliphatic hydroxyl groups excluding tert-OH is 2. The normalized spacial score (nSPS) is 11.7. The summed E-state index contributed by atoms with van der Waals surface area (Å²) in [5, 5.41) is 19.3. The van der Waals surface area contributed by atoms with Crippen LogP contribution in [0.1, 0.15) is 11.1 Å². The second-order valence-electron chi connectivity index (χ2n) is 4.97. The largest absolute Gasteiger partial charge is 0.395 e. The summed E-state index contributed by atoms with van der Waals surface area (Å²) in [7, 11) is 0. The Morgan fingerprint density at radius 1 is 0.952 bits per heavy atom. The Morgan fingerprint density at radius 3 is 2.24 bits per heavy atom. The first-order valence-electron chi connectivity index (χ1n) is 6.43. The second-order valence-corrected chi connectivity index (χ2v) is 5.37. The Bertz CT molecular complexity index is 627. The minimum absolute atomic E-state index is 0.0502. The number of hydrogen-bond donors (Lipinski definition) is 2. The first-order valence-corrected chi connectivity index (χ1v) is 6.81. The molecule has 0 saturated heterocycles. The van der Waals surface area contributed by atoms with Gasteiger partial charge in [0.2, 0.25) is 0 Å². The minimum Gasteiger partial charge on any atom is -0.395 e. The minimum atomic E-state index is -1.31. The summed E-state index contributed by atoms with van der Waals surface area (Å²) in [6.07, 6.45) is -0.0622. The van der Waals surface area contributed by atoms with Crippen LogP contribution < -0.4 is 0 Å². The van der Waals surface area contributed by atoms with Crippen LogP contribution >= 0.6 is 11.6 Å². The first-order chi connectivity index (χ1) is 10.0. The van der Waals surface area contributed by atoms with Crippen molar-refractivity contribution in [2.75, 3.05) is 13.2 Å². The predicted molar refractivity (Wildman–Crippen MR) is 77.4 cm³/mol. The standard InChI is InChI=1S/C16H15ClF2O2/c17-13-6-3-4-11(15(13)19)8-16(9-20,10-21)12-5-1-2-7-14(12)18/h1-7,20-21H,8-10H2. The van der Waals surface area contributed by atoms with Gasteiger partial charge in [-0.1, -0.05) is 41.9 Å². The second kappa shape index (κ2) is 6.52. The van der Waals surface area contributed by atoms with Gasteiger partial charge in [-0.15, -0.1) is 0 Å². The molecule has 0 saturated carbocycles. The highest BCUT2D eigenvalue weighted by Gasteiger charge is 2.34. The summed E-state index contributed by atoms with van der Waals surface area (Å²) in [6, 6.07) is 10.3. The Balaban J connectivity index is 2.49. The lowest BCUT2D eigenvalue weighted by Gasteiger charge is -2.31. The van der Waals surface area contributed by atoms with Crippen molar-refractivity contribution in [2.24, 2.45) is 0 Å². The molecule has 21 heavy (non-hydrogen) atoms. The van der Waals surface area contributed by atoms with Crippen LogP contribution in [0.25, 0.3) is 0 Å². The van der Waals surface area contributed by atoms with E-state index in [9.17, 15) is 19.0 Å². The molecule has 0 fully saturated rings. The van der Waals surface area contributed by atoms with Crippen LogP contribution in [-0.4, -0.2) is 23.4 Å². The van der Waals surface area contributed by atoms with E-state index in [1.807, 2.05) is 0 Å². The van der Waals surface area contributed by atoms with E-state index >= 15 is 0 Å². The molecule has 0 spiro atoms. The number of rotatable bonds is 5. The topological polar surface area (TPSA) is 40.5 Å². The van der Waals surface area contributed by atoms with E-state index in [0.717, 1.165) is 0 Å². The van der Waals surface area contributed by atoms with Crippen molar-refractivity contribution in [1.29, 1.82) is 0 Å². The van der Waals surface area contributed by atoms with E-state index in [2.05, 4.69) is 0 Å². The SMILES string of the molecule is OCC(CO)(Cc1cccc(Cl)c1F)c1ccccc1F. The summed E-state index contributed by atoms with van der Waals surface area (Å²) in [6.45, 7) is -1.03. The Morgan fingerprint density at radius 2 is 1.62 bits per heavy atom. The van der Waals surface area contributed by atoms with Gasteiger partial charge >= 0.3 is 0 Å². The molecule has 2 aromatic carbocycles. The lowest BCUT2D eigenvalue weighted by molar-refractivity contribution is 0.112. The van der Waals surface area contributed by atoms with Crippen molar-refractivity contribution in [3.05, 3.63) is 70.2 Å². The molecular formula is C16H15ClF2O2. The summed E-state index contributed by atoms with van der Waals surface area (Å²) in [5.74, 6) is -1.18. The molecule has 2 aromatic rings. The van der Waals surface area contributed by atoms with Crippen molar-refractivity contribution < 1.29 is 19.0 Å². The van der Waals surface area contributed by atoms with Crippen LogP contribution in [0.5, 0.6) is 0 Å². The fourth-order valence-electron chi connectivity index (χ4n) is 2.37. The number of aliphatic hydroxyl groups is 2. The number of halogens is 3. The third-order valence-electron chi connectivity index (χ3n) is 3.61. The van der Waals surface area contributed by atoms with Gasteiger partial charge in [0.05, 0.1) is 18.2 Å². The first kappa shape index (κ1) is 15.9. The highest BCUT2D eigenvalue weighted by Crippen LogP contribution is 2.32. The number of hydrogen-bond acceptors (Lipinski definition) is 2. The highest BCUT2D eigenvalue weighted by molar-refractivity contribution is 6.30. The average Bonchev–Trinajstić information content (AvgIpc) is 2.50. The molecule has 2 N–H and O–H groups in total. The van der Waals surface area contributed by atoms with Crippen LogP contribution in [-0.2, 0) is 11.8 Å². The van der Waals surface area contributed by atoms with E-state index in [0.29, 0.717) is 0 Å². The molecule has 0 amide bonds. The van der Waals surface area contributed by atoms with Gasteiger partial charge in [0, 0.05) is 5.41 Å². The van der Waals surface area contributed by atoms with Gasteiger partial charge in [-0.25, -0.2) is 8.78 Å². The van der Waals surface area contributed by atoms with Gasteiger partial charge in [-0.3, -0.25) is 0 Å². The molecule has 0 bridgehead atoms. The fourth-order valence-corrected chi connectivity index (χ4v) is 2.56. The fraction of sp³-hybridized carbons (Fsp3) is 0.250. The van der Waals surface area contributed by atoms with Gasteiger partial charge in [-0.05, 0) is 29.7 Å². The molecule has 0 aromatic heterocycles. The maximum absolute atomic E-state index is 14.0. The van der Waals surface area contributed by atoms with Gasteiger partial charge in [-0.2, -0.15) is 0 Å². The molecule has 2 rings (SSSR count). The van der Waals surface area contributed by atoms with E-state index in [1.54, 1.807) is 12.1 Å². The van der Waals surface area contributed by atoms with Crippen molar-refractivity contribution in [1.82, 2.24) is 0 Å². The molecular weight excluding hydrogens is 298 g/mol. The maximum Gasteiger partial charge on any atom is 0.145 e. The molecule has 0 aliphatic rings. The molecule has 0 heterocycles. The molecule has 0 unspecified atom stereocenters. The number of benzene rings is 2. The van der Waals surface area contributed by atoms with Gasteiger partial charge in [0.1, 0.15) is 11.6 Å². The summed E-state index contributed by atoms with van der Waals surface area (Å²) in [5.41, 5.74) is -0.945. The van der Waals surface area contributed by atoms with Crippen LogP contribution in [0.2, 0.25) is 5.02 Å². The lowest BCUT2D eigenvalue weighted by Crippen LogP contribution is -2.38. The van der Waals surface area contributed by atoms with Crippen LogP contribution in [0.4, 0.5) is 8.78 Å². The summed E-state index contributed by atoms with van der Waals surface area (Å²) >= 11 is 5.73. The maximum atomic E-state index is 14.0. The van der Waals surface area contributed by atoms with Crippen LogP contribution in [0, 0.1) is 11.6 Å². The van der Waals surface area contributed by atoms with Crippen LogP contribution in [0.15, 0.2) is 42.5 Å². The molecule has 0 aliphatic heterocycles. The van der Waals surface area contributed by atoms with Crippen LogP contribution in [0.3, 0.4) is 0 Å². The monoisotopic (exact) mass is 312 g/mol. The highest BCUT2D eigenvalue weighted by atomic mass is 35.5. The van der Waals surface area contributed by atoms with Gasteiger partial charge < -0.3 is 10.2 Å². The Labute approximate surface area is 126 Å². The zero-order valence-corrected chi connectivity index (χ0v) is 11.9. The third kappa shape index (κ3) is 3.07. The van der Waals surface area contributed by atoms with Crippen molar-refractivity contribution in [3.8, 4) is 0 Å². The van der Waals surface area contributed by atoms with Gasteiger partial charge in [0.25, 0.3) is 0 Å². The molecule has 5 heteroatoms. The quantitative estimate of drug-likeness (QED) is 0.891. The van der Waals surface area contributed by atoms with E-state index in [1.165, 1.54) is 30.3 Å². The molecule has 0 aliphatic carbocycles. The summed E-state index contributed by atoms with van der Waals surface area (Å²) < 4.78 is 28.0. The van der Waals surface area contributed by atoms with E-state index in [-0.39, 0.29) is 22.6 Å². The van der Waals surface area contributed by atoms with E-state index < -0.39 is 30.3 Å². The smallest absolute Gasteiger partial charge is 0.145 e. The van der Waals surface area contributed by atoms with Crippen molar-refractivity contribution in [3.63, 3.8) is 0 Å². The zero-order valence-electron chi connectivity index (χ0n) is 11.2. The third-order valence-corrected chi connectivity index (χ3v) is 3.90. The zero-order chi connectivity index (χ0) is 15.5. The average molecular weight is 313 g/mol. The van der Waals surface area contributed by atoms with Crippen molar-refractivity contribution >= 4 is 11.6 Å². The predicted octanol–water partition coefficient (Wildman–Crippen LogP) is 3.08. The molecule has 0 atom stereocenters. The van der Waals surface area contributed by atoms with Gasteiger partial charge in [0.15, 0.2) is 0 Å².